The summed E-state index contributed by atoms with van der Waals surface area (Å²) in [6.45, 7) is 4.02. The van der Waals surface area contributed by atoms with Crippen molar-refractivity contribution in [3.63, 3.8) is 0 Å². The molecule has 0 radical (unpaired) electrons. The average molecular weight is 321 g/mol. The van der Waals surface area contributed by atoms with Gasteiger partial charge in [0.05, 0.1) is 20.2 Å². The predicted molar refractivity (Wildman–Crippen MR) is 87.8 cm³/mol. The quantitative estimate of drug-likeness (QED) is 0.682. The van der Waals surface area contributed by atoms with E-state index in [-0.39, 0.29) is 11.1 Å². The molecule has 0 spiro atoms. The number of nitrogens with zero attached hydrogens (tertiary/aromatic N) is 1. The molecule has 1 unspecified atom stereocenters. The summed E-state index contributed by atoms with van der Waals surface area (Å²) in [6.07, 6.45) is 0. The monoisotopic (exact) mass is 320 g/mol. The fourth-order valence-electron chi connectivity index (χ4n) is 2.24. The average Bonchev–Trinajstić information content (AvgIpc) is 2.81. The molecule has 3 rings (SSSR count). The lowest BCUT2D eigenvalue weighted by atomic mass is 10.1. The van der Waals surface area contributed by atoms with Crippen LogP contribution in [0.3, 0.4) is 0 Å². The van der Waals surface area contributed by atoms with E-state index in [0.29, 0.717) is 0 Å². The lowest BCUT2D eigenvalue weighted by molar-refractivity contribution is 0.627. The number of anilines is 1. The zero-order chi connectivity index (χ0) is 15.0. The van der Waals surface area contributed by atoms with E-state index in [4.69, 9.17) is 11.6 Å². The second-order valence-corrected chi connectivity index (χ2v) is 6.60. The number of thiazole rings is 1. The van der Waals surface area contributed by atoms with Crippen LogP contribution in [0.25, 0.3) is 10.2 Å². The van der Waals surface area contributed by atoms with Crippen molar-refractivity contribution < 1.29 is 4.39 Å². The highest BCUT2D eigenvalue weighted by molar-refractivity contribution is 7.18. The Balaban J connectivity index is 1.84. The van der Waals surface area contributed by atoms with Gasteiger partial charge >= 0.3 is 0 Å². The molecule has 108 valence electrons. The molecule has 3 aromatic rings. The van der Waals surface area contributed by atoms with Gasteiger partial charge in [0.25, 0.3) is 0 Å². The molecule has 1 N–H and O–H groups in total. The fraction of sp³-hybridized carbons (Fsp3) is 0.188. The Labute approximate surface area is 131 Å². The van der Waals surface area contributed by atoms with Gasteiger partial charge in [-0.05, 0) is 49.7 Å². The van der Waals surface area contributed by atoms with Gasteiger partial charge in [-0.2, -0.15) is 0 Å². The Morgan fingerprint density at radius 1 is 1.24 bits per heavy atom. The minimum atomic E-state index is -0.394. The first-order valence-electron chi connectivity index (χ1n) is 6.61. The minimum Gasteiger partial charge on any atom is -0.378 e. The van der Waals surface area contributed by atoms with Gasteiger partial charge in [0.2, 0.25) is 0 Å². The third-order valence-electron chi connectivity index (χ3n) is 3.32. The first kappa shape index (κ1) is 14.3. The Kier molecular flexibility index (Phi) is 3.83. The molecule has 0 saturated carbocycles. The fourth-order valence-corrected chi connectivity index (χ4v) is 3.30. The van der Waals surface area contributed by atoms with E-state index in [9.17, 15) is 4.39 Å². The number of halogens is 2. The van der Waals surface area contributed by atoms with Crippen molar-refractivity contribution in [2.75, 3.05) is 5.32 Å². The highest BCUT2D eigenvalue weighted by Gasteiger charge is 2.09. The van der Waals surface area contributed by atoms with Crippen molar-refractivity contribution >= 4 is 38.8 Å². The summed E-state index contributed by atoms with van der Waals surface area (Å²) in [6, 6.07) is 10.9. The van der Waals surface area contributed by atoms with Crippen LogP contribution in [-0.2, 0) is 0 Å². The van der Waals surface area contributed by atoms with Crippen LogP contribution in [0.1, 0.15) is 23.5 Å². The molecule has 5 heteroatoms. The molecule has 0 bridgehead atoms. The normalized spacial score (nSPS) is 12.6. The van der Waals surface area contributed by atoms with Crippen LogP contribution < -0.4 is 5.32 Å². The van der Waals surface area contributed by atoms with Crippen LogP contribution in [0.2, 0.25) is 5.02 Å². The third-order valence-corrected chi connectivity index (χ3v) is 4.55. The number of rotatable bonds is 3. The molecule has 2 nitrogen and oxygen atoms in total. The number of aryl methyl sites for hydroxylation is 1. The topological polar surface area (TPSA) is 24.9 Å². The summed E-state index contributed by atoms with van der Waals surface area (Å²) in [5.74, 6) is -0.394. The van der Waals surface area contributed by atoms with E-state index in [0.717, 1.165) is 26.5 Å². The predicted octanol–water partition coefficient (Wildman–Crippen LogP) is 5.57. The van der Waals surface area contributed by atoms with E-state index in [1.165, 1.54) is 6.07 Å². The van der Waals surface area contributed by atoms with E-state index in [1.807, 2.05) is 26.0 Å². The highest BCUT2D eigenvalue weighted by Crippen LogP contribution is 2.28. The molecule has 1 aromatic heterocycles. The van der Waals surface area contributed by atoms with Gasteiger partial charge in [-0.25, -0.2) is 9.37 Å². The molecule has 0 aliphatic rings. The smallest absolute Gasteiger partial charge is 0.141 e. The van der Waals surface area contributed by atoms with Gasteiger partial charge in [-0.1, -0.05) is 17.7 Å². The molecule has 0 aliphatic carbocycles. The molecule has 0 aliphatic heterocycles. The summed E-state index contributed by atoms with van der Waals surface area (Å²) < 4.78 is 14.4. The lowest BCUT2D eigenvalue weighted by Gasteiger charge is -2.16. The van der Waals surface area contributed by atoms with Crippen molar-refractivity contribution in [2.24, 2.45) is 0 Å². The Hall–Kier alpha value is -1.65. The van der Waals surface area contributed by atoms with Gasteiger partial charge in [0, 0.05) is 11.7 Å². The third kappa shape index (κ3) is 3.01. The summed E-state index contributed by atoms with van der Waals surface area (Å²) >= 11 is 7.50. The van der Waals surface area contributed by atoms with Crippen molar-refractivity contribution in [3.05, 3.63) is 57.8 Å². The van der Waals surface area contributed by atoms with E-state index < -0.39 is 5.82 Å². The second kappa shape index (κ2) is 5.62. The Morgan fingerprint density at radius 3 is 2.81 bits per heavy atom. The van der Waals surface area contributed by atoms with Crippen LogP contribution in [0.4, 0.5) is 10.1 Å². The van der Waals surface area contributed by atoms with Gasteiger partial charge in [0.15, 0.2) is 0 Å². The first-order valence-corrected chi connectivity index (χ1v) is 7.81. The van der Waals surface area contributed by atoms with Crippen molar-refractivity contribution in [3.8, 4) is 0 Å². The van der Waals surface area contributed by atoms with Crippen LogP contribution in [0, 0.1) is 12.7 Å². The number of fused-ring (bicyclic) bond motifs is 1. The maximum Gasteiger partial charge on any atom is 0.141 e. The highest BCUT2D eigenvalue weighted by atomic mass is 35.5. The van der Waals surface area contributed by atoms with Crippen molar-refractivity contribution in [1.82, 2.24) is 4.98 Å². The molecule has 1 heterocycles. The largest absolute Gasteiger partial charge is 0.378 e. The van der Waals surface area contributed by atoms with Crippen LogP contribution in [0.5, 0.6) is 0 Å². The van der Waals surface area contributed by atoms with Gasteiger partial charge in [-0.15, -0.1) is 11.3 Å². The number of hydrogen-bond acceptors (Lipinski definition) is 3. The number of nitrogens with one attached hydrogen (secondary N) is 1. The number of benzene rings is 2. The van der Waals surface area contributed by atoms with E-state index in [2.05, 4.69) is 16.4 Å². The van der Waals surface area contributed by atoms with Crippen molar-refractivity contribution in [2.45, 2.75) is 19.9 Å². The maximum atomic E-state index is 13.2. The molecule has 1 atom stereocenters. The minimum absolute atomic E-state index is 0.0366. The van der Waals surface area contributed by atoms with Crippen LogP contribution >= 0.6 is 22.9 Å². The van der Waals surface area contributed by atoms with Crippen molar-refractivity contribution in [1.29, 1.82) is 0 Å². The van der Waals surface area contributed by atoms with E-state index in [1.54, 1.807) is 23.5 Å². The standard InChI is InChI=1S/C16H14ClFN2S/c1-9(11-3-5-14(18)13(17)7-11)19-12-4-6-15-16(8-12)21-10(2)20-15/h3-9,19H,1-2H3. The Bertz CT molecular complexity index is 800. The molecule has 21 heavy (non-hydrogen) atoms. The first-order chi connectivity index (χ1) is 10.0. The maximum absolute atomic E-state index is 13.2. The number of hydrogen-bond donors (Lipinski definition) is 1. The summed E-state index contributed by atoms with van der Waals surface area (Å²) in [7, 11) is 0. The molecule has 0 fully saturated rings. The summed E-state index contributed by atoms with van der Waals surface area (Å²) in [5, 5.41) is 4.61. The SMILES string of the molecule is Cc1nc2ccc(NC(C)c3ccc(F)c(Cl)c3)cc2s1. The molecule has 0 saturated heterocycles. The second-order valence-electron chi connectivity index (χ2n) is 4.95. The van der Waals surface area contributed by atoms with Crippen LogP contribution in [0.15, 0.2) is 36.4 Å². The molecule has 2 aromatic carbocycles. The lowest BCUT2D eigenvalue weighted by Crippen LogP contribution is -2.06. The van der Waals surface area contributed by atoms with Gasteiger partial charge in [-0.3, -0.25) is 0 Å². The summed E-state index contributed by atoms with van der Waals surface area (Å²) in [5.41, 5.74) is 2.97. The van der Waals surface area contributed by atoms with Crippen LogP contribution in [-0.4, -0.2) is 4.98 Å². The van der Waals surface area contributed by atoms with E-state index >= 15 is 0 Å². The molecule has 0 amide bonds. The van der Waals surface area contributed by atoms with Gasteiger partial charge in [0.1, 0.15) is 5.82 Å². The molecular formula is C16H14ClFN2S. The molecular weight excluding hydrogens is 307 g/mol. The zero-order valence-corrected chi connectivity index (χ0v) is 13.2. The Morgan fingerprint density at radius 2 is 2.05 bits per heavy atom. The zero-order valence-electron chi connectivity index (χ0n) is 11.7. The number of aromatic nitrogens is 1. The van der Waals surface area contributed by atoms with Gasteiger partial charge < -0.3 is 5.32 Å². The summed E-state index contributed by atoms with van der Waals surface area (Å²) in [4.78, 5) is 4.44.